The Morgan fingerprint density at radius 1 is 1.10 bits per heavy atom. The largest absolute Gasteiger partial charge is 0.324 e. The number of rotatable bonds is 2. The predicted molar refractivity (Wildman–Crippen MR) is 82.8 cm³/mol. The third-order valence-corrected chi connectivity index (χ3v) is 3.28. The fourth-order valence-corrected chi connectivity index (χ4v) is 2.04. The Balaban J connectivity index is 2.10. The van der Waals surface area contributed by atoms with Crippen molar-refractivity contribution < 1.29 is 4.79 Å². The van der Waals surface area contributed by atoms with E-state index in [2.05, 4.69) is 15.6 Å². The first-order chi connectivity index (χ1) is 9.45. The maximum absolute atomic E-state index is 11.9. The molecule has 0 atom stereocenters. The molecule has 0 aliphatic heterocycles. The van der Waals surface area contributed by atoms with E-state index in [0.717, 1.165) is 5.56 Å². The first-order valence-corrected chi connectivity index (χ1v) is 6.68. The molecule has 0 spiro atoms. The molecule has 6 heteroatoms. The molecule has 0 bridgehead atoms. The van der Waals surface area contributed by atoms with Crippen molar-refractivity contribution in [3.63, 3.8) is 0 Å². The maximum atomic E-state index is 11.9. The fraction of sp³-hybridized carbons (Fsp3) is 0.143. The molecule has 1 aromatic carbocycles. The molecule has 0 aliphatic carbocycles. The molecule has 104 valence electrons. The summed E-state index contributed by atoms with van der Waals surface area (Å²) in [5, 5.41) is 6.05. The van der Waals surface area contributed by atoms with Crippen LogP contribution in [0.15, 0.2) is 30.3 Å². The third kappa shape index (κ3) is 3.62. The van der Waals surface area contributed by atoms with Crippen molar-refractivity contribution in [2.24, 2.45) is 0 Å². The van der Waals surface area contributed by atoms with E-state index >= 15 is 0 Å². The van der Waals surface area contributed by atoms with E-state index in [1.165, 1.54) is 0 Å². The molecule has 2 aromatic rings. The van der Waals surface area contributed by atoms with Gasteiger partial charge >= 0.3 is 6.03 Å². The number of halogens is 2. The summed E-state index contributed by atoms with van der Waals surface area (Å²) in [4.78, 5) is 16.0. The van der Waals surface area contributed by atoms with Gasteiger partial charge in [-0.3, -0.25) is 5.32 Å². The summed E-state index contributed by atoms with van der Waals surface area (Å²) >= 11 is 11.9. The summed E-state index contributed by atoms with van der Waals surface area (Å²) in [6.07, 6.45) is 0. The Hall–Kier alpha value is -1.78. The second kappa shape index (κ2) is 6.11. The second-order valence-electron chi connectivity index (χ2n) is 4.33. The van der Waals surface area contributed by atoms with Gasteiger partial charge in [0, 0.05) is 5.69 Å². The van der Waals surface area contributed by atoms with E-state index < -0.39 is 6.03 Å². The number of anilines is 2. The van der Waals surface area contributed by atoms with Crippen LogP contribution in [-0.4, -0.2) is 11.0 Å². The molecule has 20 heavy (non-hydrogen) atoms. The lowest BCUT2D eigenvalue weighted by molar-refractivity contribution is 0.262. The molecule has 1 aromatic heterocycles. The number of nitrogens with zero attached hydrogens (tertiary/aromatic N) is 1. The van der Waals surface area contributed by atoms with Gasteiger partial charge in [0.25, 0.3) is 0 Å². The molecular formula is C14H13Cl2N3O. The van der Waals surface area contributed by atoms with Gasteiger partial charge in [-0.1, -0.05) is 35.3 Å². The molecule has 2 amide bonds. The van der Waals surface area contributed by atoms with Gasteiger partial charge in [0.1, 0.15) is 0 Å². The Kier molecular flexibility index (Phi) is 4.47. The lowest BCUT2D eigenvalue weighted by atomic mass is 10.2. The summed E-state index contributed by atoms with van der Waals surface area (Å²) in [6.45, 7) is 3.69. The van der Waals surface area contributed by atoms with Crippen LogP contribution in [0.1, 0.15) is 11.3 Å². The molecule has 2 N–H and O–H groups in total. The SMILES string of the molecule is Cc1cccc(NC(=O)Nc2nc(C)c(Cl)cc2Cl)c1. The maximum Gasteiger partial charge on any atom is 0.324 e. The van der Waals surface area contributed by atoms with Crippen LogP contribution in [-0.2, 0) is 0 Å². The van der Waals surface area contributed by atoms with Crippen LogP contribution < -0.4 is 10.6 Å². The zero-order chi connectivity index (χ0) is 14.7. The highest BCUT2D eigenvalue weighted by Gasteiger charge is 2.10. The predicted octanol–water partition coefficient (Wildman–Crippen LogP) is 4.65. The van der Waals surface area contributed by atoms with Crippen molar-refractivity contribution in [1.82, 2.24) is 4.98 Å². The minimum Gasteiger partial charge on any atom is -0.308 e. The van der Waals surface area contributed by atoms with Crippen LogP contribution in [0.3, 0.4) is 0 Å². The second-order valence-corrected chi connectivity index (χ2v) is 5.15. The van der Waals surface area contributed by atoms with Crippen molar-refractivity contribution >= 4 is 40.7 Å². The van der Waals surface area contributed by atoms with Gasteiger partial charge in [0.2, 0.25) is 0 Å². The quantitative estimate of drug-likeness (QED) is 0.848. The number of amides is 2. The van der Waals surface area contributed by atoms with Crippen LogP contribution in [0.2, 0.25) is 10.0 Å². The summed E-state index contributed by atoms with van der Waals surface area (Å²) < 4.78 is 0. The van der Waals surface area contributed by atoms with E-state index in [4.69, 9.17) is 23.2 Å². The van der Waals surface area contributed by atoms with Gasteiger partial charge in [-0.15, -0.1) is 0 Å². The normalized spacial score (nSPS) is 10.2. The summed E-state index contributed by atoms with van der Waals surface area (Å²) in [6, 6.07) is 8.61. The molecule has 0 aliphatic rings. The summed E-state index contributed by atoms with van der Waals surface area (Å²) in [5.74, 6) is 0.277. The molecule has 4 nitrogen and oxygen atoms in total. The van der Waals surface area contributed by atoms with E-state index in [-0.39, 0.29) is 5.82 Å². The Bertz CT molecular complexity index is 659. The van der Waals surface area contributed by atoms with Crippen molar-refractivity contribution in [3.05, 3.63) is 51.6 Å². The van der Waals surface area contributed by atoms with Gasteiger partial charge < -0.3 is 5.32 Å². The first kappa shape index (κ1) is 14.6. The van der Waals surface area contributed by atoms with E-state index in [1.807, 2.05) is 25.1 Å². The van der Waals surface area contributed by atoms with Gasteiger partial charge in [-0.2, -0.15) is 0 Å². The Morgan fingerprint density at radius 2 is 1.85 bits per heavy atom. The lowest BCUT2D eigenvalue weighted by Gasteiger charge is -2.10. The molecule has 0 saturated heterocycles. The number of urea groups is 1. The van der Waals surface area contributed by atoms with E-state index in [9.17, 15) is 4.79 Å². The topological polar surface area (TPSA) is 54.0 Å². The number of pyridine rings is 1. The Morgan fingerprint density at radius 3 is 2.55 bits per heavy atom. The average Bonchev–Trinajstić information content (AvgIpc) is 2.36. The number of aromatic nitrogens is 1. The van der Waals surface area contributed by atoms with Gasteiger partial charge in [0.15, 0.2) is 5.82 Å². The number of hydrogen-bond donors (Lipinski definition) is 2. The molecule has 2 rings (SSSR count). The summed E-state index contributed by atoms with van der Waals surface area (Å²) in [7, 11) is 0. The van der Waals surface area contributed by atoms with Crippen molar-refractivity contribution in [2.45, 2.75) is 13.8 Å². The van der Waals surface area contributed by atoms with Crippen molar-refractivity contribution in [1.29, 1.82) is 0 Å². The van der Waals surface area contributed by atoms with Crippen LogP contribution >= 0.6 is 23.2 Å². The number of nitrogens with one attached hydrogen (secondary N) is 2. The Labute approximate surface area is 127 Å². The summed E-state index contributed by atoms with van der Waals surface area (Å²) in [5.41, 5.74) is 2.35. The highest BCUT2D eigenvalue weighted by atomic mass is 35.5. The zero-order valence-electron chi connectivity index (χ0n) is 11.0. The monoisotopic (exact) mass is 309 g/mol. The standard InChI is InChI=1S/C14H13Cl2N3O/c1-8-4-3-5-10(6-8)18-14(20)19-13-12(16)7-11(15)9(2)17-13/h3-7H,1-2H3,(H2,17,18,19,20). The van der Waals surface area contributed by atoms with Crippen LogP contribution in [0.4, 0.5) is 16.3 Å². The number of carbonyl (C=O) groups is 1. The van der Waals surface area contributed by atoms with E-state index in [1.54, 1.807) is 19.1 Å². The van der Waals surface area contributed by atoms with Gasteiger partial charge in [-0.05, 0) is 37.6 Å². The number of aryl methyl sites for hydroxylation is 2. The number of hydrogen-bond acceptors (Lipinski definition) is 2. The van der Waals surface area contributed by atoms with Gasteiger partial charge in [-0.25, -0.2) is 9.78 Å². The lowest BCUT2D eigenvalue weighted by Crippen LogP contribution is -2.20. The minimum atomic E-state index is -0.410. The van der Waals surface area contributed by atoms with Crippen molar-refractivity contribution in [2.75, 3.05) is 10.6 Å². The molecule has 0 fully saturated rings. The molecule has 0 radical (unpaired) electrons. The fourth-order valence-electron chi connectivity index (χ4n) is 1.64. The molecule has 1 heterocycles. The van der Waals surface area contributed by atoms with Crippen LogP contribution in [0.5, 0.6) is 0 Å². The highest BCUT2D eigenvalue weighted by Crippen LogP contribution is 2.25. The minimum absolute atomic E-state index is 0.277. The molecular weight excluding hydrogens is 297 g/mol. The van der Waals surface area contributed by atoms with Crippen molar-refractivity contribution in [3.8, 4) is 0 Å². The van der Waals surface area contributed by atoms with E-state index in [0.29, 0.717) is 21.4 Å². The first-order valence-electron chi connectivity index (χ1n) is 5.93. The smallest absolute Gasteiger partial charge is 0.308 e. The van der Waals surface area contributed by atoms with Gasteiger partial charge in [0.05, 0.1) is 15.7 Å². The average molecular weight is 310 g/mol. The molecule has 0 saturated carbocycles. The number of carbonyl (C=O) groups excluding carboxylic acids is 1. The molecule has 0 unspecified atom stereocenters. The van der Waals surface area contributed by atoms with Crippen LogP contribution in [0.25, 0.3) is 0 Å². The highest BCUT2D eigenvalue weighted by molar-refractivity contribution is 6.36. The zero-order valence-corrected chi connectivity index (χ0v) is 12.5. The number of benzene rings is 1. The third-order valence-electron chi connectivity index (χ3n) is 2.61. The van der Waals surface area contributed by atoms with Crippen LogP contribution in [0, 0.1) is 13.8 Å².